The largest absolute Gasteiger partial charge is 0.380 e. The molecule has 10 rings (SSSR count). The summed E-state index contributed by atoms with van der Waals surface area (Å²) >= 11 is 0. The zero-order chi connectivity index (χ0) is 109. The fourth-order valence-corrected chi connectivity index (χ4v) is 27.4. The van der Waals surface area contributed by atoms with Crippen LogP contribution in [0.15, 0.2) is 0 Å². The summed E-state index contributed by atoms with van der Waals surface area (Å²) < 4.78 is 5.78. The lowest BCUT2D eigenvalue weighted by Gasteiger charge is -2.59. The molecule has 4 saturated carbocycles. The molecule has 0 aromatic carbocycles. The number of hydrogen-bond acceptors (Lipinski definition) is 11. The highest BCUT2D eigenvalue weighted by Crippen LogP contribution is 2.60. The quantitative estimate of drug-likeness (QED) is 0.233. The molecule has 3 spiro atoms. The third-order valence-electron chi connectivity index (χ3n) is 32.4. The summed E-state index contributed by atoms with van der Waals surface area (Å²) in [7, 11) is 0. The maximum Gasteiger partial charge on any atom is 0.0569 e. The third kappa shape index (κ3) is 34.5. The topological polar surface area (TPSA) is 41.6 Å². The van der Waals surface area contributed by atoms with Gasteiger partial charge in [0.1, 0.15) is 0 Å². The van der Waals surface area contributed by atoms with Gasteiger partial charge in [-0.05, 0) is 337 Å². The molecule has 10 unspecified atom stereocenters. The molecule has 6 saturated heterocycles. The van der Waals surface area contributed by atoms with Crippen LogP contribution < -0.4 is 0 Å². The molecule has 10 fully saturated rings. The van der Waals surface area contributed by atoms with Crippen molar-refractivity contribution in [2.24, 2.45) is 70.4 Å². The SMILES string of the molecule is CC.CC.CC.CC.CC.CC(C)(C)C1C(C(C)(C)C)N(C(C)(C)C)CC2(CC2)CN1C(C)(C)C.CC(C)(C)C1C(C(C)(C)C)N(C(C)(C)C)CC2(CCC2)CN1C(C)(C)C.CC(C)(C)C1C(C(C)(C)C)N(C(C)(C)C)CC2(COC2)CN1C(C)(C)C.CC(C)(C)C1C(C(C)(C)C)N(C(C)(C)C)[C@H]2CC[C@H](C2)N1C(C)(C)C.CC(C)(C)C1C(C(C)(C)C)N(C(C)(C)C)[C@H]2CC[C@H](C2)N1C(C)(C)C. The van der Waals surface area contributed by atoms with Crippen molar-refractivity contribution in [3.8, 4) is 0 Å². The number of fused-ring (bicyclic) bond motifs is 4. The van der Waals surface area contributed by atoms with Crippen LogP contribution in [-0.4, -0.2) is 241 Å². The average Bonchev–Trinajstić information content (AvgIpc) is 1.59. The minimum absolute atomic E-state index is 0.137. The van der Waals surface area contributed by atoms with E-state index in [1.165, 1.54) is 96.8 Å². The molecular formula is C126H262N10O. The zero-order valence-electron chi connectivity index (χ0n) is 108. The van der Waals surface area contributed by atoms with Gasteiger partial charge in [-0.2, -0.15) is 0 Å². The van der Waals surface area contributed by atoms with Crippen molar-refractivity contribution in [3.63, 3.8) is 0 Å². The first-order valence-electron chi connectivity index (χ1n) is 57.9. The fourth-order valence-electron chi connectivity index (χ4n) is 27.4. The molecule has 822 valence electrons. The Hall–Kier alpha value is -0.440. The van der Waals surface area contributed by atoms with E-state index in [9.17, 15) is 0 Å². The summed E-state index contributed by atoms with van der Waals surface area (Å²) in [5.74, 6) is 0. The van der Waals surface area contributed by atoms with Crippen LogP contribution in [0.25, 0.3) is 0 Å². The van der Waals surface area contributed by atoms with Crippen molar-refractivity contribution < 1.29 is 4.74 Å². The molecule has 0 aromatic rings. The lowest BCUT2D eigenvalue weighted by Crippen LogP contribution is -2.69. The molecule has 6 aliphatic heterocycles. The molecule has 11 heteroatoms. The van der Waals surface area contributed by atoms with Gasteiger partial charge in [0.2, 0.25) is 0 Å². The monoisotopic (exact) mass is 1930 g/mol. The molecule has 4 aliphatic carbocycles. The number of hydrogen-bond donors (Lipinski definition) is 0. The Morgan fingerprint density at radius 3 is 0.387 bits per heavy atom. The number of ether oxygens (including phenoxy) is 1. The Labute approximate surface area is 866 Å². The summed E-state index contributed by atoms with van der Waals surface area (Å²) in [5.41, 5.74) is 5.51. The van der Waals surface area contributed by atoms with Crippen LogP contribution in [0.3, 0.4) is 0 Å². The van der Waals surface area contributed by atoms with E-state index in [0.29, 0.717) is 71.2 Å². The van der Waals surface area contributed by atoms with Gasteiger partial charge in [0.25, 0.3) is 0 Å². The molecule has 10 aliphatic rings. The van der Waals surface area contributed by atoms with Crippen molar-refractivity contribution in [1.29, 1.82) is 0 Å². The van der Waals surface area contributed by atoms with Crippen molar-refractivity contribution >= 4 is 0 Å². The van der Waals surface area contributed by atoms with E-state index in [4.69, 9.17) is 4.74 Å². The van der Waals surface area contributed by atoms with E-state index in [1.807, 2.05) is 69.2 Å². The molecule has 6 heterocycles. The van der Waals surface area contributed by atoms with Gasteiger partial charge in [-0.1, -0.05) is 283 Å². The second-order valence-corrected chi connectivity index (χ2v) is 65.8. The van der Waals surface area contributed by atoms with Gasteiger partial charge in [0, 0.05) is 185 Å². The molecule has 137 heavy (non-hydrogen) atoms. The lowest BCUT2D eigenvalue weighted by molar-refractivity contribution is -0.144. The van der Waals surface area contributed by atoms with Gasteiger partial charge in [-0.3, -0.25) is 49.0 Å². The average molecular weight is 1930 g/mol. The van der Waals surface area contributed by atoms with Gasteiger partial charge in [-0.25, -0.2) is 0 Å². The standard InChI is InChI=1S/C24H48N2.C23H46N2O.3C23H46N2.5C2H6/c1-20(2,3)18-19(21(4,5)6)26(23(10,11)12)17-24(14-13-15-24)16-25(18)22(7,8)9;1-19(2,3)17-18(20(4,5)6)25(22(10,11)12)14-23(15-26-16-23)13-24(17)21(7,8)9;1-19(2,3)17-18(20(4,5)6)25(22(10,11)12)16-23(13-14-23)15-24(17)21(7,8)9;2*1-20(2,3)18-19(21(4,5)6)25(23(10,11)12)17-14-13-16(15-17)24(18)22(7,8)9;5*1-2/h18-19H,13-17H2,1-12H3;17-18H,13-16H2,1-12H3;17-18H,13-16H2,1-12H3;2*16-19H,13-15H2,1-12H3;5*1-2H3/t;;;2*16-,17+,18?,19?;;;;;. The Bertz CT molecular complexity index is 3060. The van der Waals surface area contributed by atoms with Gasteiger partial charge >= 0.3 is 0 Å². The molecule has 14 atom stereocenters. The Morgan fingerprint density at radius 1 is 0.168 bits per heavy atom. The number of nitrogens with zero attached hydrogens (tertiary/aromatic N) is 10. The van der Waals surface area contributed by atoms with E-state index >= 15 is 0 Å². The first-order valence-corrected chi connectivity index (χ1v) is 57.9. The van der Waals surface area contributed by atoms with E-state index in [-0.39, 0.29) is 115 Å². The summed E-state index contributed by atoms with van der Waals surface area (Å²) in [6.07, 6.45) is 15.1. The van der Waals surface area contributed by atoms with Gasteiger partial charge in [0.05, 0.1) is 13.2 Å². The van der Waals surface area contributed by atoms with E-state index in [0.717, 1.165) is 50.5 Å². The summed E-state index contributed by atoms with van der Waals surface area (Å²) in [4.78, 5) is 29.0. The first kappa shape index (κ1) is 135. The smallest absolute Gasteiger partial charge is 0.0569 e. The van der Waals surface area contributed by atoms with Crippen molar-refractivity contribution in [3.05, 3.63) is 0 Å². The van der Waals surface area contributed by atoms with Crippen molar-refractivity contribution in [1.82, 2.24) is 49.0 Å². The minimum Gasteiger partial charge on any atom is -0.380 e. The van der Waals surface area contributed by atoms with Gasteiger partial charge in [0.15, 0.2) is 0 Å². The Balaban J connectivity index is 0.000000836. The second-order valence-electron chi connectivity index (χ2n) is 65.8. The molecule has 0 amide bonds. The second kappa shape index (κ2) is 46.6. The molecule has 0 N–H and O–H groups in total. The summed E-state index contributed by atoms with van der Waals surface area (Å²) in [6.45, 7) is 176. The highest BCUT2D eigenvalue weighted by molar-refractivity contribution is 5.19. The van der Waals surface area contributed by atoms with E-state index < -0.39 is 0 Å². The lowest BCUT2D eigenvalue weighted by atomic mass is 9.67. The molecule has 4 bridgehead atoms. The number of rotatable bonds is 0. The predicted molar refractivity (Wildman–Crippen MR) is 618 cm³/mol. The first-order chi connectivity index (χ1) is 60.6. The minimum atomic E-state index is 0.137. The van der Waals surface area contributed by atoms with Crippen LogP contribution in [0.4, 0.5) is 0 Å². The van der Waals surface area contributed by atoms with Crippen LogP contribution in [0.5, 0.6) is 0 Å². The highest BCUT2D eigenvalue weighted by atomic mass is 16.5. The molecule has 0 aromatic heterocycles. The van der Waals surface area contributed by atoms with Crippen LogP contribution in [0.1, 0.15) is 555 Å². The van der Waals surface area contributed by atoms with Crippen molar-refractivity contribution in [2.45, 2.75) is 695 Å². The maximum atomic E-state index is 5.78. The zero-order valence-corrected chi connectivity index (χ0v) is 108. The van der Waals surface area contributed by atoms with Crippen molar-refractivity contribution in [2.75, 3.05) is 52.5 Å². The highest BCUT2D eigenvalue weighted by Gasteiger charge is 2.65. The van der Waals surface area contributed by atoms with Crippen LogP contribution in [0, 0.1) is 70.4 Å². The van der Waals surface area contributed by atoms with E-state index in [2.05, 4.69) is 464 Å². The Morgan fingerprint density at radius 2 is 0.299 bits per heavy atom. The van der Waals surface area contributed by atoms with Crippen LogP contribution in [-0.2, 0) is 4.74 Å². The normalized spacial score (nSPS) is 29.1. The van der Waals surface area contributed by atoms with Crippen LogP contribution in [0.2, 0.25) is 0 Å². The fraction of sp³-hybridized carbons (Fsp3) is 1.00. The molecule has 11 nitrogen and oxygen atoms in total. The molecular weight excluding hydrogens is 1670 g/mol. The predicted octanol–water partition coefficient (Wildman–Crippen LogP) is 34.1. The maximum absolute atomic E-state index is 5.78. The Kier molecular flexibility index (Phi) is 45.7. The third-order valence-corrected chi connectivity index (χ3v) is 32.4. The van der Waals surface area contributed by atoms with E-state index in [1.54, 1.807) is 0 Å². The van der Waals surface area contributed by atoms with Crippen LogP contribution >= 0.6 is 0 Å². The van der Waals surface area contributed by atoms with Gasteiger partial charge < -0.3 is 4.74 Å². The summed E-state index contributed by atoms with van der Waals surface area (Å²) in [6, 6.07) is 8.30. The summed E-state index contributed by atoms with van der Waals surface area (Å²) in [5, 5.41) is 0. The van der Waals surface area contributed by atoms with Gasteiger partial charge in [-0.15, -0.1) is 0 Å². The molecule has 0 radical (unpaired) electrons.